The highest BCUT2D eigenvalue weighted by atomic mass is 16.4. The number of hydrogen-bond acceptors (Lipinski definition) is 2. The predicted molar refractivity (Wildman–Crippen MR) is 74.5 cm³/mol. The number of hydrogen-bond donors (Lipinski definition) is 2. The first-order valence-electron chi connectivity index (χ1n) is 6.99. The smallest absolute Gasteiger partial charge is 0.309 e. The van der Waals surface area contributed by atoms with Gasteiger partial charge in [-0.3, -0.25) is 4.79 Å². The SMILES string of the molecule is CC1(N)C=CC=C(C23CCC(C(=O)O)(CC2)C3)C=C1. The summed E-state index contributed by atoms with van der Waals surface area (Å²) in [6.45, 7) is 1.97. The number of carbonyl (C=O) groups is 1. The van der Waals surface area contributed by atoms with E-state index in [1.54, 1.807) is 0 Å². The number of nitrogens with two attached hydrogens (primary N) is 1. The van der Waals surface area contributed by atoms with E-state index in [0.717, 1.165) is 32.1 Å². The van der Waals surface area contributed by atoms with E-state index >= 15 is 0 Å². The van der Waals surface area contributed by atoms with Crippen LogP contribution in [0, 0.1) is 10.8 Å². The van der Waals surface area contributed by atoms with E-state index in [-0.39, 0.29) is 5.41 Å². The number of allylic oxidation sites excluding steroid dienone is 4. The van der Waals surface area contributed by atoms with Crippen LogP contribution in [0.4, 0.5) is 0 Å². The molecular formula is C16H21NO2. The fourth-order valence-electron chi connectivity index (χ4n) is 3.98. The van der Waals surface area contributed by atoms with E-state index in [4.69, 9.17) is 5.73 Å². The molecule has 0 spiro atoms. The lowest BCUT2D eigenvalue weighted by atomic mass is 9.76. The van der Waals surface area contributed by atoms with Crippen molar-refractivity contribution in [1.82, 2.24) is 0 Å². The maximum absolute atomic E-state index is 11.5. The normalized spacial score (nSPS) is 44.2. The van der Waals surface area contributed by atoms with Gasteiger partial charge in [0.2, 0.25) is 0 Å². The molecule has 1 unspecified atom stereocenters. The number of aliphatic carboxylic acids is 1. The molecule has 19 heavy (non-hydrogen) atoms. The number of rotatable bonds is 2. The highest BCUT2D eigenvalue weighted by molar-refractivity contribution is 5.76. The van der Waals surface area contributed by atoms with E-state index in [9.17, 15) is 9.90 Å². The second-order valence-corrected chi connectivity index (χ2v) is 6.72. The van der Waals surface area contributed by atoms with Crippen molar-refractivity contribution in [1.29, 1.82) is 0 Å². The zero-order chi connectivity index (χ0) is 13.7. The number of carboxylic acids is 1. The second kappa shape index (κ2) is 3.83. The molecule has 0 saturated heterocycles. The zero-order valence-corrected chi connectivity index (χ0v) is 11.4. The largest absolute Gasteiger partial charge is 0.481 e. The number of fused-ring (bicyclic) bond motifs is 2. The molecule has 2 bridgehead atoms. The Morgan fingerprint density at radius 3 is 2.53 bits per heavy atom. The molecule has 102 valence electrons. The molecule has 3 aliphatic rings. The van der Waals surface area contributed by atoms with Crippen LogP contribution in [0.15, 0.2) is 36.0 Å². The average Bonchev–Trinajstić information content (AvgIpc) is 2.86. The van der Waals surface area contributed by atoms with Gasteiger partial charge in [0, 0.05) is 0 Å². The van der Waals surface area contributed by atoms with Crippen molar-refractivity contribution in [2.24, 2.45) is 16.6 Å². The van der Waals surface area contributed by atoms with Crippen LogP contribution in [-0.2, 0) is 4.79 Å². The molecule has 3 N–H and O–H groups in total. The van der Waals surface area contributed by atoms with Crippen LogP contribution in [0.3, 0.4) is 0 Å². The molecule has 0 aliphatic heterocycles. The Balaban J connectivity index is 1.91. The van der Waals surface area contributed by atoms with Gasteiger partial charge in [0.15, 0.2) is 0 Å². The van der Waals surface area contributed by atoms with E-state index in [0.29, 0.717) is 0 Å². The van der Waals surface area contributed by atoms with Crippen molar-refractivity contribution in [3.8, 4) is 0 Å². The summed E-state index contributed by atoms with van der Waals surface area (Å²) >= 11 is 0. The van der Waals surface area contributed by atoms with Crippen LogP contribution in [0.2, 0.25) is 0 Å². The first kappa shape index (κ1) is 12.7. The van der Waals surface area contributed by atoms with Gasteiger partial charge in [-0.15, -0.1) is 0 Å². The summed E-state index contributed by atoms with van der Waals surface area (Å²) in [6.07, 6.45) is 14.7. The van der Waals surface area contributed by atoms with Crippen molar-refractivity contribution in [3.63, 3.8) is 0 Å². The zero-order valence-electron chi connectivity index (χ0n) is 11.4. The van der Waals surface area contributed by atoms with E-state index in [1.807, 2.05) is 25.2 Å². The molecule has 0 aromatic heterocycles. The summed E-state index contributed by atoms with van der Waals surface area (Å²) < 4.78 is 0. The van der Waals surface area contributed by atoms with Crippen LogP contribution in [0.25, 0.3) is 0 Å². The molecule has 0 radical (unpaired) electrons. The summed E-state index contributed by atoms with van der Waals surface area (Å²) in [5, 5.41) is 9.47. The predicted octanol–water partition coefficient (Wildman–Crippen LogP) is 2.79. The highest BCUT2D eigenvalue weighted by Gasteiger charge is 2.59. The van der Waals surface area contributed by atoms with Gasteiger partial charge in [0.25, 0.3) is 0 Å². The molecule has 3 rings (SSSR count). The van der Waals surface area contributed by atoms with Crippen LogP contribution >= 0.6 is 0 Å². The minimum atomic E-state index is -0.607. The van der Waals surface area contributed by atoms with Crippen LogP contribution in [0.5, 0.6) is 0 Å². The third kappa shape index (κ3) is 1.88. The Labute approximate surface area is 113 Å². The highest BCUT2D eigenvalue weighted by Crippen LogP contribution is 2.64. The Kier molecular flexibility index (Phi) is 2.55. The van der Waals surface area contributed by atoms with Gasteiger partial charge in [-0.1, -0.05) is 30.4 Å². The Bertz CT molecular complexity index is 503. The van der Waals surface area contributed by atoms with Crippen LogP contribution in [0.1, 0.15) is 39.0 Å². The molecule has 3 aliphatic carbocycles. The van der Waals surface area contributed by atoms with Gasteiger partial charge in [-0.05, 0) is 50.0 Å². The Hall–Kier alpha value is -1.35. The molecule has 0 amide bonds. The molecule has 2 saturated carbocycles. The third-order valence-corrected chi connectivity index (χ3v) is 5.26. The molecule has 0 aromatic rings. The first-order valence-corrected chi connectivity index (χ1v) is 6.99. The first-order chi connectivity index (χ1) is 8.88. The van der Waals surface area contributed by atoms with Crippen LogP contribution in [-0.4, -0.2) is 16.6 Å². The summed E-state index contributed by atoms with van der Waals surface area (Å²) in [5.74, 6) is -0.607. The second-order valence-electron chi connectivity index (χ2n) is 6.72. The molecule has 0 aromatic carbocycles. The Morgan fingerprint density at radius 1 is 1.26 bits per heavy atom. The van der Waals surface area contributed by atoms with Gasteiger partial charge < -0.3 is 10.8 Å². The summed E-state index contributed by atoms with van der Waals surface area (Å²) in [6, 6.07) is 0. The van der Waals surface area contributed by atoms with Crippen molar-refractivity contribution in [2.75, 3.05) is 0 Å². The van der Waals surface area contributed by atoms with Gasteiger partial charge in [0.05, 0.1) is 11.0 Å². The van der Waals surface area contributed by atoms with Gasteiger partial charge in [-0.25, -0.2) is 0 Å². The average molecular weight is 259 g/mol. The maximum Gasteiger partial charge on any atom is 0.309 e. The topological polar surface area (TPSA) is 63.3 Å². The monoisotopic (exact) mass is 259 g/mol. The molecule has 2 fully saturated rings. The van der Waals surface area contributed by atoms with Crippen LogP contribution < -0.4 is 5.73 Å². The van der Waals surface area contributed by atoms with Crippen molar-refractivity contribution in [2.45, 2.75) is 44.6 Å². The fraction of sp³-hybridized carbons (Fsp3) is 0.562. The molecule has 3 nitrogen and oxygen atoms in total. The van der Waals surface area contributed by atoms with Gasteiger partial charge >= 0.3 is 5.97 Å². The van der Waals surface area contributed by atoms with Gasteiger partial charge in [-0.2, -0.15) is 0 Å². The molecule has 3 heteroatoms. The summed E-state index contributed by atoms with van der Waals surface area (Å²) in [4.78, 5) is 11.5. The summed E-state index contributed by atoms with van der Waals surface area (Å²) in [7, 11) is 0. The lowest BCUT2D eigenvalue weighted by Gasteiger charge is -2.28. The summed E-state index contributed by atoms with van der Waals surface area (Å²) in [5.41, 5.74) is 6.57. The standard InChI is InChI=1S/C16H21NO2/c1-14(17)5-2-3-12(4-6-14)15-7-9-16(11-15,10-8-15)13(18)19/h2-6H,7-11,17H2,1H3,(H,18,19). The maximum atomic E-state index is 11.5. The molecule has 0 heterocycles. The van der Waals surface area contributed by atoms with E-state index < -0.39 is 16.9 Å². The van der Waals surface area contributed by atoms with E-state index in [2.05, 4.69) is 12.2 Å². The number of carboxylic acid groups (broad SMARTS) is 1. The quantitative estimate of drug-likeness (QED) is 0.801. The van der Waals surface area contributed by atoms with Crippen molar-refractivity contribution < 1.29 is 9.90 Å². The lowest BCUT2D eigenvalue weighted by Crippen LogP contribution is -2.30. The molecule has 1 atom stereocenters. The lowest BCUT2D eigenvalue weighted by molar-refractivity contribution is -0.148. The third-order valence-electron chi connectivity index (χ3n) is 5.26. The van der Waals surface area contributed by atoms with Gasteiger partial charge in [0.1, 0.15) is 0 Å². The van der Waals surface area contributed by atoms with Crippen molar-refractivity contribution >= 4 is 5.97 Å². The Morgan fingerprint density at radius 2 is 1.95 bits per heavy atom. The molecular weight excluding hydrogens is 238 g/mol. The minimum Gasteiger partial charge on any atom is -0.481 e. The fourth-order valence-corrected chi connectivity index (χ4v) is 3.98. The minimum absolute atomic E-state index is 0.0691. The van der Waals surface area contributed by atoms with Crippen molar-refractivity contribution in [3.05, 3.63) is 36.0 Å². The van der Waals surface area contributed by atoms with E-state index in [1.165, 1.54) is 5.57 Å².